The average Bonchev–Trinajstić information content (AvgIpc) is 3.24. The first-order valence-corrected chi connectivity index (χ1v) is 7.47. The second-order valence-corrected chi connectivity index (χ2v) is 5.90. The van der Waals surface area contributed by atoms with Crippen LogP contribution in [0.15, 0.2) is 24.3 Å². The van der Waals surface area contributed by atoms with Crippen LogP contribution in [0.2, 0.25) is 0 Å². The molecule has 1 aliphatic heterocycles. The Bertz CT molecular complexity index is 504. The van der Waals surface area contributed by atoms with E-state index in [1.165, 1.54) is 0 Å². The lowest BCUT2D eigenvalue weighted by atomic mass is 9.89. The molecule has 0 aromatic heterocycles. The summed E-state index contributed by atoms with van der Waals surface area (Å²) in [5, 5.41) is 10.2. The first-order chi connectivity index (χ1) is 10.1. The Hall–Kier alpha value is -1.59. The Morgan fingerprint density at radius 3 is 2.48 bits per heavy atom. The number of rotatable bonds is 6. The van der Waals surface area contributed by atoms with Crippen molar-refractivity contribution in [2.75, 3.05) is 26.2 Å². The summed E-state index contributed by atoms with van der Waals surface area (Å²) in [6, 6.07) is 7.00. The molecule has 1 heterocycles. The molecule has 0 unspecified atom stereocenters. The molecule has 0 radical (unpaired) electrons. The summed E-state index contributed by atoms with van der Waals surface area (Å²) < 4.78 is 10.6. The van der Waals surface area contributed by atoms with E-state index in [2.05, 4.69) is 0 Å². The molecule has 1 aliphatic carbocycles. The van der Waals surface area contributed by atoms with E-state index in [0.29, 0.717) is 31.4 Å². The number of likely N-dealkylation sites (tertiary alicyclic amines) is 1. The van der Waals surface area contributed by atoms with Gasteiger partial charge in [0.05, 0.1) is 18.8 Å². The summed E-state index contributed by atoms with van der Waals surface area (Å²) in [7, 11) is 0. The smallest absolute Gasteiger partial charge is 0.325 e. The average molecular weight is 291 g/mol. The highest BCUT2D eigenvalue weighted by atomic mass is 16.5. The number of hydrogen-bond acceptors (Lipinski definition) is 5. The van der Waals surface area contributed by atoms with Crippen LogP contribution < -0.4 is 9.47 Å². The highest BCUT2D eigenvalue weighted by Crippen LogP contribution is 2.44. The van der Waals surface area contributed by atoms with Gasteiger partial charge in [0.2, 0.25) is 0 Å². The molecule has 2 fully saturated rings. The largest absolute Gasteiger partial charge is 0.494 e. The second kappa shape index (κ2) is 5.66. The van der Waals surface area contributed by atoms with Crippen molar-refractivity contribution in [2.45, 2.75) is 25.4 Å². The Labute approximate surface area is 124 Å². The molecule has 21 heavy (non-hydrogen) atoms. The molecule has 1 aromatic carbocycles. The standard InChI is InChI=1S/C16H21NO4/c1-2-20-13-5-7-14(8-6-13)21-15(18)9-17-10-16(19,11-17)12-3-4-12/h5-8,12,19H,2-4,9-11H2,1H3. The van der Waals surface area contributed by atoms with E-state index in [9.17, 15) is 9.90 Å². The maximum Gasteiger partial charge on any atom is 0.325 e. The van der Waals surface area contributed by atoms with Crippen molar-refractivity contribution < 1.29 is 19.4 Å². The minimum Gasteiger partial charge on any atom is -0.494 e. The van der Waals surface area contributed by atoms with Crippen molar-refractivity contribution in [3.05, 3.63) is 24.3 Å². The summed E-state index contributed by atoms with van der Waals surface area (Å²) in [6.07, 6.45) is 2.22. The molecule has 114 valence electrons. The molecule has 1 aromatic rings. The molecule has 2 aliphatic rings. The highest BCUT2D eigenvalue weighted by molar-refractivity contribution is 5.74. The van der Waals surface area contributed by atoms with E-state index < -0.39 is 5.60 Å². The number of carbonyl (C=O) groups is 1. The predicted molar refractivity (Wildman–Crippen MR) is 77.4 cm³/mol. The summed E-state index contributed by atoms with van der Waals surface area (Å²) in [6.45, 7) is 3.91. The van der Waals surface area contributed by atoms with Gasteiger partial charge in [0.1, 0.15) is 11.5 Å². The summed E-state index contributed by atoms with van der Waals surface area (Å²) in [5.41, 5.74) is -0.556. The fourth-order valence-corrected chi connectivity index (χ4v) is 2.84. The maximum absolute atomic E-state index is 11.8. The van der Waals surface area contributed by atoms with Crippen molar-refractivity contribution >= 4 is 5.97 Å². The van der Waals surface area contributed by atoms with E-state index >= 15 is 0 Å². The van der Waals surface area contributed by atoms with Gasteiger partial charge >= 0.3 is 5.97 Å². The maximum atomic E-state index is 11.8. The van der Waals surface area contributed by atoms with Crippen molar-refractivity contribution in [3.8, 4) is 11.5 Å². The van der Waals surface area contributed by atoms with Crippen LogP contribution in [0.1, 0.15) is 19.8 Å². The lowest BCUT2D eigenvalue weighted by Gasteiger charge is -2.46. The summed E-state index contributed by atoms with van der Waals surface area (Å²) >= 11 is 0. The van der Waals surface area contributed by atoms with Gasteiger partial charge in [0, 0.05) is 13.1 Å². The van der Waals surface area contributed by atoms with Crippen LogP contribution in [0.5, 0.6) is 11.5 Å². The van der Waals surface area contributed by atoms with Gasteiger partial charge in [-0.3, -0.25) is 9.69 Å². The number of esters is 1. The lowest BCUT2D eigenvalue weighted by Crippen LogP contribution is -2.64. The van der Waals surface area contributed by atoms with E-state index in [-0.39, 0.29) is 12.5 Å². The number of benzene rings is 1. The molecule has 0 atom stereocenters. The third-order valence-electron chi connectivity index (χ3n) is 4.05. The van der Waals surface area contributed by atoms with Gasteiger partial charge in [-0.2, -0.15) is 0 Å². The highest BCUT2D eigenvalue weighted by Gasteiger charge is 2.52. The van der Waals surface area contributed by atoms with E-state index in [1.807, 2.05) is 11.8 Å². The zero-order chi connectivity index (χ0) is 14.9. The van der Waals surface area contributed by atoms with Crippen molar-refractivity contribution in [1.82, 2.24) is 4.90 Å². The van der Waals surface area contributed by atoms with Crippen LogP contribution >= 0.6 is 0 Å². The van der Waals surface area contributed by atoms with Crippen LogP contribution in [-0.2, 0) is 4.79 Å². The minimum absolute atomic E-state index is 0.224. The van der Waals surface area contributed by atoms with Gasteiger partial charge in [-0.1, -0.05) is 0 Å². The third kappa shape index (κ3) is 3.36. The Morgan fingerprint density at radius 2 is 1.90 bits per heavy atom. The van der Waals surface area contributed by atoms with Gasteiger partial charge < -0.3 is 14.6 Å². The van der Waals surface area contributed by atoms with Crippen molar-refractivity contribution in [2.24, 2.45) is 5.92 Å². The Balaban J connectivity index is 1.44. The normalized spacial score (nSPS) is 20.7. The molecule has 3 rings (SSSR count). The Morgan fingerprint density at radius 1 is 1.29 bits per heavy atom. The quantitative estimate of drug-likeness (QED) is 0.635. The second-order valence-electron chi connectivity index (χ2n) is 5.90. The first-order valence-electron chi connectivity index (χ1n) is 7.47. The fraction of sp³-hybridized carbons (Fsp3) is 0.562. The molecule has 5 nitrogen and oxygen atoms in total. The Kier molecular flexibility index (Phi) is 3.87. The van der Waals surface area contributed by atoms with Gasteiger partial charge in [-0.05, 0) is 49.9 Å². The molecule has 1 saturated heterocycles. The number of β-amino-alcohol motifs (C(OH)–C–C–N with tert-alkyl or cyclic N) is 1. The van der Waals surface area contributed by atoms with E-state index in [4.69, 9.17) is 9.47 Å². The monoisotopic (exact) mass is 291 g/mol. The fourth-order valence-electron chi connectivity index (χ4n) is 2.84. The third-order valence-corrected chi connectivity index (χ3v) is 4.05. The zero-order valence-corrected chi connectivity index (χ0v) is 12.2. The van der Waals surface area contributed by atoms with Crippen molar-refractivity contribution in [3.63, 3.8) is 0 Å². The van der Waals surface area contributed by atoms with Gasteiger partial charge in [-0.15, -0.1) is 0 Å². The predicted octanol–water partition coefficient (Wildman–Crippen LogP) is 1.45. The van der Waals surface area contributed by atoms with Gasteiger partial charge in [-0.25, -0.2) is 0 Å². The van der Waals surface area contributed by atoms with Crippen LogP contribution in [0, 0.1) is 5.92 Å². The van der Waals surface area contributed by atoms with Crippen molar-refractivity contribution in [1.29, 1.82) is 0 Å². The number of nitrogens with zero attached hydrogens (tertiary/aromatic N) is 1. The topological polar surface area (TPSA) is 59.0 Å². The molecular weight excluding hydrogens is 270 g/mol. The SMILES string of the molecule is CCOc1ccc(OC(=O)CN2CC(O)(C3CC3)C2)cc1. The van der Waals surface area contributed by atoms with E-state index in [1.54, 1.807) is 24.3 Å². The number of ether oxygens (including phenoxy) is 2. The molecule has 0 bridgehead atoms. The summed E-state index contributed by atoms with van der Waals surface area (Å²) in [5.74, 6) is 1.42. The molecule has 1 saturated carbocycles. The number of hydrogen-bond donors (Lipinski definition) is 1. The number of carbonyl (C=O) groups excluding carboxylic acids is 1. The molecule has 0 spiro atoms. The van der Waals surface area contributed by atoms with Crippen LogP contribution in [0.3, 0.4) is 0 Å². The van der Waals surface area contributed by atoms with Crippen LogP contribution in [-0.4, -0.2) is 47.8 Å². The van der Waals surface area contributed by atoms with E-state index in [0.717, 1.165) is 18.6 Å². The zero-order valence-electron chi connectivity index (χ0n) is 12.2. The molecular formula is C16H21NO4. The summed E-state index contributed by atoms with van der Waals surface area (Å²) in [4.78, 5) is 13.8. The molecule has 1 N–H and O–H groups in total. The minimum atomic E-state index is -0.556. The first kappa shape index (κ1) is 14.4. The van der Waals surface area contributed by atoms with Crippen LogP contribution in [0.4, 0.5) is 0 Å². The van der Waals surface area contributed by atoms with Gasteiger partial charge in [0.15, 0.2) is 0 Å². The number of aliphatic hydroxyl groups is 1. The lowest BCUT2D eigenvalue weighted by molar-refractivity contribution is -0.147. The van der Waals surface area contributed by atoms with Gasteiger partial charge in [0.25, 0.3) is 0 Å². The molecule has 0 amide bonds. The van der Waals surface area contributed by atoms with Crippen LogP contribution in [0.25, 0.3) is 0 Å². The molecule has 5 heteroatoms.